The van der Waals surface area contributed by atoms with Crippen LogP contribution in [0, 0.1) is 12.8 Å². The molecule has 184 valence electrons. The third-order valence-electron chi connectivity index (χ3n) is 6.11. The molecular formula is C26H27ClN2O5S. The van der Waals surface area contributed by atoms with E-state index in [0.717, 1.165) is 28.8 Å². The van der Waals surface area contributed by atoms with Crippen LogP contribution in [-0.2, 0) is 9.53 Å². The summed E-state index contributed by atoms with van der Waals surface area (Å²) in [6.07, 6.45) is 1.71. The third-order valence-corrected chi connectivity index (χ3v) is 7.44. The monoisotopic (exact) mass is 514 g/mol. The average Bonchev–Trinajstić information content (AvgIpc) is 3.19. The quantitative estimate of drug-likeness (QED) is 0.349. The normalized spacial score (nSPS) is 18.5. The second-order valence-electron chi connectivity index (χ2n) is 8.63. The van der Waals surface area contributed by atoms with Crippen molar-refractivity contribution in [3.05, 3.63) is 64.8 Å². The number of hydrogen-bond acceptors (Lipinski definition) is 6. The molecular weight excluding hydrogens is 488 g/mol. The summed E-state index contributed by atoms with van der Waals surface area (Å²) >= 11 is 7.50. The number of carboxylic acid groups (broad SMARTS) is 1. The number of hydrogen-bond donors (Lipinski definition) is 2. The zero-order valence-corrected chi connectivity index (χ0v) is 21.1. The van der Waals surface area contributed by atoms with E-state index >= 15 is 0 Å². The molecule has 2 N–H and O–H groups in total. The van der Waals surface area contributed by atoms with Gasteiger partial charge < -0.3 is 14.6 Å². The first-order valence-corrected chi connectivity index (χ1v) is 12.6. The van der Waals surface area contributed by atoms with Crippen LogP contribution < -0.4 is 10.1 Å². The number of benzene rings is 2. The largest absolute Gasteiger partial charge is 0.490 e. The Kier molecular flexibility index (Phi) is 7.93. The zero-order valence-electron chi connectivity index (χ0n) is 19.5. The van der Waals surface area contributed by atoms with Crippen LogP contribution in [0.3, 0.4) is 0 Å². The Hall–Kier alpha value is -3.10. The smallest absolute Gasteiger partial charge is 0.412 e. The van der Waals surface area contributed by atoms with Gasteiger partial charge in [0, 0.05) is 10.6 Å². The number of aromatic nitrogens is 1. The van der Waals surface area contributed by atoms with Crippen LogP contribution >= 0.6 is 23.1 Å². The lowest BCUT2D eigenvalue weighted by Crippen LogP contribution is -2.29. The fourth-order valence-electron chi connectivity index (χ4n) is 4.23. The maximum atomic E-state index is 12.6. The number of nitrogens with zero attached hydrogens (tertiary/aromatic N) is 1. The molecule has 0 radical (unpaired) electrons. The van der Waals surface area contributed by atoms with Crippen LogP contribution in [0.4, 0.5) is 10.5 Å². The summed E-state index contributed by atoms with van der Waals surface area (Å²) in [4.78, 5) is 24.7. The van der Waals surface area contributed by atoms with Crippen LogP contribution in [0.2, 0.25) is 5.02 Å². The van der Waals surface area contributed by atoms with Gasteiger partial charge in [-0.3, -0.25) is 10.1 Å². The highest BCUT2D eigenvalue weighted by Gasteiger charge is 2.28. The number of halogens is 1. The molecule has 1 fully saturated rings. The highest BCUT2D eigenvalue weighted by atomic mass is 35.5. The van der Waals surface area contributed by atoms with Crippen LogP contribution in [-0.4, -0.2) is 27.6 Å². The number of carbonyl (C=O) groups is 2. The lowest BCUT2D eigenvalue weighted by Gasteiger charge is -2.27. The fraction of sp³-hybridized carbons (Fsp3) is 0.346. The Balaban J connectivity index is 1.42. The first-order valence-electron chi connectivity index (χ1n) is 11.5. The fourth-order valence-corrected chi connectivity index (χ4v) is 5.37. The summed E-state index contributed by atoms with van der Waals surface area (Å²) in [6, 6.07) is 14.8. The summed E-state index contributed by atoms with van der Waals surface area (Å²) in [5.74, 6) is -0.412. The number of rotatable bonds is 7. The van der Waals surface area contributed by atoms with Gasteiger partial charge in [0.05, 0.1) is 28.3 Å². The Morgan fingerprint density at radius 2 is 1.91 bits per heavy atom. The van der Waals surface area contributed by atoms with E-state index < -0.39 is 18.2 Å². The molecule has 7 nitrogen and oxygen atoms in total. The third kappa shape index (κ3) is 6.13. The van der Waals surface area contributed by atoms with Crippen molar-refractivity contribution in [2.45, 2.75) is 51.7 Å². The van der Waals surface area contributed by atoms with Crippen LogP contribution in [0.5, 0.6) is 5.75 Å². The number of nitrogens with one attached hydrogen (secondary N) is 1. The van der Waals surface area contributed by atoms with Gasteiger partial charge in [0.1, 0.15) is 11.9 Å². The lowest BCUT2D eigenvalue weighted by atomic mass is 9.87. The Bertz CT molecular complexity index is 1200. The van der Waals surface area contributed by atoms with Crippen molar-refractivity contribution < 1.29 is 24.2 Å². The Morgan fingerprint density at radius 3 is 2.63 bits per heavy atom. The molecule has 1 aromatic heterocycles. The molecule has 1 saturated carbocycles. The van der Waals surface area contributed by atoms with E-state index in [-0.39, 0.29) is 12.0 Å². The van der Waals surface area contributed by atoms with E-state index in [1.807, 2.05) is 49.4 Å². The second kappa shape index (κ2) is 11.1. The molecule has 4 rings (SSSR count). The Labute approximate surface area is 213 Å². The van der Waals surface area contributed by atoms with Crippen molar-refractivity contribution in [1.29, 1.82) is 0 Å². The van der Waals surface area contributed by atoms with Gasteiger partial charge in [-0.2, -0.15) is 4.37 Å². The van der Waals surface area contributed by atoms with Gasteiger partial charge in [0.25, 0.3) is 0 Å². The molecule has 0 saturated heterocycles. The minimum absolute atomic E-state index is 0.103. The van der Waals surface area contributed by atoms with Gasteiger partial charge in [-0.1, -0.05) is 29.8 Å². The molecule has 0 spiro atoms. The van der Waals surface area contributed by atoms with Crippen molar-refractivity contribution in [3.8, 4) is 16.2 Å². The molecule has 3 aromatic rings. The van der Waals surface area contributed by atoms with E-state index in [1.165, 1.54) is 11.5 Å². The molecule has 1 heterocycles. The maximum Gasteiger partial charge on any atom is 0.412 e. The predicted molar refractivity (Wildman–Crippen MR) is 136 cm³/mol. The molecule has 1 aliphatic rings. The maximum absolute atomic E-state index is 12.6. The summed E-state index contributed by atoms with van der Waals surface area (Å²) in [5.41, 5.74) is 2.89. The van der Waals surface area contributed by atoms with Gasteiger partial charge in [-0.15, -0.1) is 0 Å². The number of ether oxygens (including phenoxy) is 2. The first kappa shape index (κ1) is 25.0. The lowest BCUT2D eigenvalue weighted by molar-refractivity contribution is -0.143. The van der Waals surface area contributed by atoms with E-state index in [1.54, 1.807) is 13.0 Å². The molecule has 9 heteroatoms. The van der Waals surface area contributed by atoms with E-state index in [2.05, 4.69) is 9.69 Å². The highest BCUT2D eigenvalue weighted by molar-refractivity contribution is 7.10. The van der Waals surface area contributed by atoms with E-state index in [0.29, 0.717) is 35.0 Å². The van der Waals surface area contributed by atoms with Crippen LogP contribution in [0.15, 0.2) is 48.5 Å². The number of carboxylic acids is 1. The van der Waals surface area contributed by atoms with E-state index in [4.69, 9.17) is 21.1 Å². The van der Waals surface area contributed by atoms with Gasteiger partial charge in [-0.05, 0) is 87.0 Å². The minimum Gasteiger partial charge on any atom is -0.490 e. The molecule has 0 unspecified atom stereocenters. The molecule has 2 aromatic carbocycles. The van der Waals surface area contributed by atoms with Crippen LogP contribution in [0.25, 0.3) is 10.4 Å². The van der Waals surface area contributed by atoms with Gasteiger partial charge in [-0.25, -0.2) is 4.79 Å². The molecule has 35 heavy (non-hydrogen) atoms. The number of aryl methyl sites for hydroxylation is 1. The predicted octanol–water partition coefficient (Wildman–Crippen LogP) is 7.10. The summed E-state index contributed by atoms with van der Waals surface area (Å²) < 4.78 is 16.0. The van der Waals surface area contributed by atoms with Crippen molar-refractivity contribution in [2.75, 3.05) is 5.32 Å². The highest BCUT2D eigenvalue weighted by Crippen LogP contribution is 2.37. The molecule has 1 aliphatic carbocycles. The standard InChI is InChI=1S/C26H27ClN2O5S/c1-15-23(28-26(32)33-16(2)21-8-3-4-9-22(21)27)24(35-29-15)17-10-12-19(13-11-17)34-20-7-5-6-18(14-20)25(30)31/h3-4,8-13,16,18,20H,5-7,14H2,1-2H3,(H,28,32)(H,30,31)/t16-,18+,20+/m1/s1. The average molecular weight is 515 g/mol. The number of amides is 1. The van der Waals surface area contributed by atoms with Gasteiger partial charge in [0.2, 0.25) is 0 Å². The number of anilines is 1. The molecule has 1 amide bonds. The first-order chi connectivity index (χ1) is 16.8. The van der Waals surface area contributed by atoms with Crippen molar-refractivity contribution in [2.24, 2.45) is 5.92 Å². The van der Waals surface area contributed by atoms with Crippen molar-refractivity contribution in [3.63, 3.8) is 0 Å². The molecule has 0 bridgehead atoms. The van der Waals surface area contributed by atoms with Crippen molar-refractivity contribution >= 4 is 40.9 Å². The molecule has 0 aliphatic heterocycles. The van der Waals surface area contributed by atoms with Gasteiger partial charge in [0.15, 0.2) is 0 Å². The minimum atomic E-state index is -0.756. The SMILES string of the molecule is Cc1nsc(-c2ccc(O[C@H]3CCC[C@H](C(=O)O)C3)cc2)c1NC(=O)O[C@H](C)c1ccccc1Cl. The van der Waals surface area contributed by atoms with Crippen molar-refractivity contribution in [1.82, 2.24) is 4.37 Å². The van der Waals surface area contributed by atoms with Crippen LogP contribution in [0.1, 0.15) is 50.0 Å². The topological polar surface area (TPSA) is 97.8 Å². The number of carbonyl (C=O) groups excluding carboxylic acids is 1. The second-order valence-corrected chi connectivity index (χ2v) is 9.81. The van der Waals surface area contributed by atoms with E-state index in [9.17, 15) is 14.7 Å². The van der Waals surface area contributed by atoms with Gasteiger partial charge >= 0.3 is 12.1 Å². The summed E-state index contributed by atoms with van der Waals surface area (Å²) in [5, 5.41) is 12.7. The Morgan fingerprint density at radius 1 is 1.17 bits per heavy atom. The summed E-state index contributed by atoms with van der Waals surface area (Å²) in [7, 11) is 0. The summed E-state index contributed by atoms with van der Waals surface area (Å²) in [6.45, 7) is 3.59. The molecule has 3 atom stereocenters. The zero-order chi connectivity index (χ0) is 24.9. The number of aliphatic carboxylic acids is 1.